The molecule has 0 atom stereocenters. The van der Waals surface area contributed by atoms with E-state index in [0.29, 0.717) is 23.2 Å². The number of rotatable bonds is 7. The zero-order valence-corrected chi connectivity index (χ0v) is 20.8. The number of non-ortho nitro benzene ring substituents is 1. The zero-order chi connectivity index (χ0) is 25.1. The summed E-state index contributed by atoms with van der Waals surface area (Å²) >= 11 is 1.35. The van der Waals surface area contributed by atoms with E-state index in [-0.39, 0.29) is 11.6 Å². The van der Waals surface area contributed by atoms with Gasteiger partial charge in [-0.2, -0.15) is 0 Å². The number of nitro benzene ring substituents is 1. The van der Waals surface area contributed by atoms with E-state index < -0.39 is 4.92 Å². The molecule has 1 saturated heterocycles. The second-order valence-corrected chi connectivity index (χ2v) is 8.93. The van der Waals surface area contributed by atoms with Gasteiger partial charge in [-0.1, -0.05) is 0 Å². The van der Waals surface area contributed by atoms with Crippen LogP contribution in [0, 0.1) is 24.0 Å². The number of hydrogen-bond acceptors (Lipinski definition) is 6. The molecule has 0 bridgehead atoms. The van der Waals surface area contributed by atoms with Crippen molar-refractivity contribution in [1.82, 2.24) is 9.47 Å². The van der Waals surface area contributed by atoms with Gasteiger partial charge >= 0.3 is 0 Å². The summed E-state index contributed by atoms with van der Waals surface area (Å²) in [5, 5.41) is 11.6. The quantitative estimate of drug-likeness (QED) is 0.229. The molecule has 2 aromatic carbocycles. The number of carbonyl (C=O) groups excluding carboxylic acids is 1. The molecule has 0 saturated carbocycles. The molecule has 0 unspecified atom stereocenters. The molecule has 1 fully saturated rings. The highest BCUT2D eigenvalue weighted by Gasteiger charge is 2.32. The monoisotopic (exact) mass is 490 g/mol. The number of likely N-dealkylation sites (N-methyl/N-ethyl adjacent to an activating group) is 1. The summed E-state index contributed by atoms with van der Waals surface area (Å²) in [6.07, 6.45) is 1.89. The first-order valence-corrected chi connectivity index (χ1v) is 12.1. The third kappa shape index (κ3) is 5.00. The second-order valence-electron chi connectivity index (χ2n) is 7.92. The van der Waals surface area contributed by atoms with E-state index in [9.17, 15) is 14.9 Å². The largest absolute Gasteiger partial charge is 0.494 e. The number of thioether (sulfide) groups is 1. The third-order valence-electron chi connectivity index (χ3n) is 5.65. The molecule has 180 valence electrons. The summed E-state index contributed by atoms with van der Waals surface area (Å²) in [7, 11) is 0. The Hall–Kier alpha value is -3.85. The molecule has 1 aromatic heterocycles. The highest BCUT2D eigenvalue weighted by molar-refractivity contribution is 8.18. The number of nitro groups is 1. The van der Waals surface area contributed by atoms with Crippen LogP contribution in [0.3, 0.4) is 0 Å². The molecule has 8 nitrogen and oxygen atoms in total. The van der Waals surface area contributed by atoms with Crippen LogP contribution in [0.4, 0.5) is 11.4 Å². The van der Waals surface area contributed by atoms with Crippen LogP contribution in [0.2, 0.25) is 0 Å². The van der Waals surface area contributed by atoms with Crippen molar-refractivity contribution in [3.63, 3.8) is 0 Å². The average molecular weight is 491 g/mol. The van der Waals surface area contributed by atoms with Crippen LogP contribution in [-0.2, 0) is 4.79 Å². The summed E-state index contributed by atoms with van der Waals surface area (Å²) < 4.78 is 7.51. The van der Waals surface area contributed by atoms with Crippen molar-refractivity contribution in [1.29, 1.82) is 0 Å². The highest BCUT2D eigenvalue weighted by Crippen LogP contribution is 2.35. The van der Waals surface area contributed by atoms with E-state index in [2.05, 4.69) is 0 Å². The highest BCUT2D eigenvalue weighted by atomic mass is 32.2. The molecule has 0 aliphatic carbocycles. The van der Waals surface area contributed by atoms with Crippen molar-refractivity contribution in [3.8, 4) is 11.4 Å². The molecule has 2 heterocycles. The minimum absolute atomic E-state index is 0.0468. The van der Waals surface area contributed by atoms with Crippen molar-refractivity contribution in [3.05, 3.63) is 86.6 Å². The van der Waals surface area contributed by atoms with Gasteiger partial charge in [-0.05, 0) is 93.6 Å². The van der Waals surface area contributed by atoms with Crippen LogP contribution in [0.25, 0.3) is 11.8 Å². The molecule has 0 spiro atoms. The maximum Gasteiger partial charge on any atom is 0.269 e. The van der Waals surface area contributed by atoms with Crippen LogP contribution in [0.15, 0.2) is 64.5 Å². The fraction of sp³-hybridized carbons (Fsp3) is 0.231. The van der Waals surface area contributed by atoms with Gasteiger partial charge in [-0.25, -0.2) is 4.99 Å². The standard InChI is InChI=1S/C26H26N4O4S/c1-5-28-25(31)24(35-26(28)27-20-7-13-23(14-8-20)34-6-2)16-19-15-17(3)29(18(19)4)21-9-11-22(12-10-21)30(32)33/h7-16H,5-6H2,1-4H3. The molecule has 1 aliphatic heterocycles. The van der Waals surface area contributed by atoms with Gasteiger partial charge in [0.15, 0.2) is 5.17 Å². The average Bonchev–Trinajstić information content (AvgIpc) is 3.29. The van der Waals surface area contributed by atoms with Gasteiger partial charge in [0.05, 0.1) is 22.1 Å². The summed E-state index contributed by atoms with van der Waals surface area (Å²) in [5.74, 6) is 0.699. The lowest BCUT2D eigenvalue weighted by molar-refractivity contribution is -0.384. The Kier molecular flexibility index (Phi) is 7.07. The predicted molar refractivity (Wildman–Crippen MR) is 140 cm³/mol. The van der Waals surface area contributed by atoms with Crippen LogP contribution < -0.4 is 4.74 Å². The van der Waals surface area contributed by atoms with Gasteiger partial charge in [0.1, 0.15) is 5.75 Å². The Morgan fingerprint density at radius 3 is 2.37 bits per heavy atom. The smallest absolute Gasteiger partial charge is 0.269 e. The molecule has 3 aromatic rings. The van der Waals surface area contributed by atoms with Gasteiger partial charge < -0.3 is 9.30 Å². The fourth-order valence-electron chi connectivity index (χ4n) is 3.96. The predicted octanol–water partition coefficient (Wildman–Crippen LogP) is 6.02. The lowest BCUT2D eigenvalue weighted by Crippen LogP contribution is -2.28. The van der Waals surface area contributed by atoms with Crippen LogP contribution in [0.5, 0.6) is 5.75 Å². The van der Waals surface area contributed by atoms with Crippen LogP contribution in [-0.4, -0.2) is 38.6 Å². The van der Waals surface area contributed by atoms with Gasteiger partial charge in [-0.3, -0.25) is 19.8 Å². The molecule has 4 rings (SSSR count). The third-order valence-corrected chi connectivity index (χ3v) is 6.66. The molecule has 0 N–H and O–H groups in total. The molecule has 0 radical (unpaired) electrons. The topological polar surface area (TPSA) is 90.0 Å². The number of amides is 1. The summed E-state index contributed by atoms with van der Waals surface area (Å²) in [4.78, 5) is 30.7. The first kappa shape index (κ1) is 24.3. The molecule has 1 amide bonds. The summed E-state index contributed by atoms with van der Waals surface area (Å²) in [6, 6.07) is 15.9. The second kappa shape index (κ2) is 10.2. The number of aromatic nitrogens is 1. The fourth-order valence-corrected chi connectivity index (χ4v) is 5.01. The molecule has 1 aliphatic rings. The number of amidine groups is 1. The molecular weight excluding hydrogens is 464 g/mol. The minimum atomic E-state index is -0.413. The molecular formula is C26H26N4O4S. The Labute approximate surface area is 208 Å². The SMILES string of the molecule is CCOc1ccc(N=C2SC(=Cc3cc(C)n(-c4ccc([N+](=O)[O-])cc4)c3C)C(=O)N2CC)cc1. The lowest BCUT2D eigenvalue weighted by atomic mass is 10.2. The number of benzene rings is 2. The molecule has 35 heavy (non-hydrogen) atoms. The first-order chi connectivity index (χ1) is 16.8. The minimum Gasteiger partial charge on any atom is -0.494 e. The number of hydrogen-bond donors (Lipinski definition) is 0. The Morgan fingerprint density at radius 1 is 1.09 bits per heavy atom. The van der Waals surface area contributed by atoms with Crippen molar-refractivity contribution in [2.24, 2.45) is 4.99 Å². The van der Waals surface area contributed by atoms with Gasteiger partial charge in [0, 0.05) is 35.8 Å². The van der Waals surface area contributed by atoms with E-state index in [1.165, 1.54) is 23.9 Å². The number of ether oxygens (including phenoxy) is 1. The maximum absolute atomic E-state index is 13.1. The Bertz CT molecular complexity index is 1320. The van der Waals surface area contributed by atoms with E-state index in [0.717, 1.165) is 34.1 Å². The van der Waals surface area contributed by atoms with E-state index in [1.54, 1.807) is 17.0 Å². The molecule has 9 heteroatoms. The van der Waals surface area contributed by atoms with Gasteiger partial charge in [0.25, 0.3) is 11.6 Å². The zero-order valence-electron chi connectivity index (χ0n) is 20.0. The maximum atomic E-state index is 13.1. The van der Waals surface area contributed by atoms with Crippen molar-refractivity contribution in [2.45, 2.75) is 27.7 Å². The first-order valence-electron chi connectivity index (χ1n) is 11.3. The normalized spacial score (nSPS) is 15.9. The van der Waals surface area contributed by atoms with Gasteiger partial charge in [0.2, 0.25) is 0 Å². The van der Waals surface area contributed by atoms with Gasteiger partial charge in [-0.15, -0.1) is 0 Å². The van der Waals surface area contributed by atoms with E-state index in [4.69, 9.17) is 9.73 Å². The summed E-state index contributed by atoms with van der Waals surface area (Å²) in [6.45, 7) is 8.91. The summed E-state index contributed by atoms with van der Waals surface area (Å²) in [5.41, 5.74) is 4.44. The van der Waals surface area contributed by atoms with Crippen molar-refractivity contribution < 1.29 is 14.5 Å². The van der Waals surface area contributed by atoms with E-state index in [1.807, 2.05) is 68.7 Å². The number of carbonyl (C=O) groups is 1. The van der Waals surface area contributed by atoms with Crippen molar-refractivity contribution in [2.75, 3.05) is 13.2 Å². The lowest BCUT2D eigenvalue weighted by Gasteiger charge is -2.12. The Balaban J connectivity index is 1.64. The van der Waals surface area contributed by atoms with Crippen LogP contribution in [0.1, 0.15) is 30.8 Å². The number of nitrogens with zero attached hydrogens (tertiary/aromatic N) is 4. The van der Waals surface area contributed by atoms with Crippen molar-refractivity contribution >= 4 is 40.3 Å². The Morgan fingerprint density at radius 2 is 1.77 bits per heavy atom. The number of aryl methyl sites for hydroxylation is 1. The number of aliphatic imine (C=N–C) groups is 1. The van der Waals surface area contributed by atoms with Crippen LogP contribution >= 0.6 is 11.8 Å². The van der Waals surface area contributed by atoms with E-state index >= 15 is 0 Å².